The van der Waals surface area contributed by atoms with Crippen molar-refractivity contribution in [2.75, 3.05) is 6.61 Å². The number of aryl methyl sites for hydroxylation is 1. The van der Waals surface area contributed by atoms with Gasteiger partial charge in [-0.05, 0) is 20.8 Å². The molecule has 0 aliphatic carbocycles. The lowest BCUT2D eigenvalue weighted by atomic mass is 10.1. The minimum absolute atomic E-state index is 0.328. The largest absolute Gasteiger partial charge is 0.462 e. The summed E-state index contributed by atoms with van der Waals surface area (Å²) in [6.45, 7) is 5.88. The van der Waals surface area contributed by atoms with Crippen LogP contribution in [0.4, 0.5) is 0 Å². The van der Waals surface area contributed by atoms with Crippen LogP contribution in [0.15, 0.2) is 34.7 Å². The van der Waals surface area contributed by atoms with E-state index in [9.17, 15) is 4.79 Å². The van der Waals surface area contributed by atoms with Crippen LogP contribution in [-0.4, -0.2) is 12.6 Å². The summed E-state index contributed by atoms with van der Waals surface area (Å²) in [4.78, 5) is 12.0. The zero-order chi connectivity index (χ0) is 13.1. The second-order valence-electron chi connectivity index (χ2n) is 4.07. The molecule has 0 saturated carbocycles. The molecule has 0 fully saturated rings. The van der Waals surface area contributed by atoms with E-state index < -0.39 is 0 Å². The van der Waals surface area contributed by atoms with Gasteiger partial charge in [-0.15, -0.1) is 0 Å². The third-order valence-electron chi connectivity index (χ3n) is 2.90. The summed E-state index contributed by atoms with van der Waals surface area (Å²) in [5.41, 5.74) is 2.25. The van der Waals surface area contributed by atoms with Gasteiger partial charge >= 0.3 is 5.97 Å². The summed E-state index contributed by atoms with van der Waals surface area (Å²) >= 11 is 0. The Labute approximate surface area is 106 Å². The van der Waals surface area contributed by atoms with Crippen molar-refractivity contribution < 1.29 is 13.9 Å². The van der Waals surface area contributed by atoms with Gasteiger partial charge < -0.3 is 9.15 Å². The standard InChI is InChI=1S/C15H16O3/c1-4-17-15(16)13-10(2)11(3)18-14(13)12-8-6-5-7-9-12/h5-9H,4H2,1-3H3. The number of hydrogen-bond acceptors (Lipinski definition) is 3. The van der Waals surface area contributed by atoms with Crippen molar-refractivity contribution in [3.8, 4) is 11.3 Å². The van der Waals surface area contributed by atoms with E-state index in [4.69, 9.17) is 9.15 Å². The molecular weight excluding hydrogens is 228 g/mol. The Morgan fingerprint density at radius 1 is 1.22 bits per heavy atom. The number of esters is 1. The normalized spacial score (nSPS) is 10.4. The number of furan rings is 1. The molecule has 0 amide bonds. The minimum Gasteiger partial charge on any atom is -0.462 e. The molecule has 0 N–H and O–H groups in total. The fourth-order valence-corrected chi connectivity index (χ4v) is 1.87. The molecule has 3 nitrogen and oxygen atoms in total. The Bertz CT molecular complexity index is 553. The molecule has 0 aliphatic heterocycles. The van der Waals surface area contributed by atoms with Crippen molar-refractivity contribution >= 4 is 5.97 Å². The predicted molar refractivity (Wildman–Crippen MR) is 69.6 cm³/mol. The molecule has 0 saturated heterocycles. The summed E-state index contributed by atoms with van der Waals surface area (Å²) < 4.78 is 10.8. The predicted octanol–water partition coefficient (Wildman–Crippen LogP) is 3.74. The quantitative estimate of drug-likeness (QED) is 0.772. The van der Waals surface area contributed by atoms with Crippen molar-refractivity contribution in [2.24, 2.45) is 0 Å². The molecule has 18 heavy (non-hydrogen) atoms. The second kappa shape index (κ2) is 5.08. The van der Waals surface area contributed by atoms with Crippen LogP contribution >= 0.6 is 0 Å². The van der Waals surface area contributed by atoms with Gasteiger partial charge in [0, 0.05) is 11.1 Å². The number of carbonyl (C=O) groups excluding carboxylic acids is 1. The Balaban J connectivity index is 2.55. The molecule has 1 heterocycles. The highest BCUT2D eigenvalue weighted by molar-refractivity contribution is 5.97. The minimum atomic E-state index is -0.328. The molecule has 0 spiro atoms. The summed E-state index contributed by atoms with van der Waals surface area (Å²) in [6, 6.07) is 9.59. The third-order valence-corrected chi connectivity index (χ3v) is 2.90. The monoisotopic (exact) mass is 244 g/mol. The number of carbonyl (C=O) groups is 1. The Hall–Kier alpha value is -2.03. The number of hydrogen-bond donors (Lipinski definition) is 0. The molecule has 3 heteroatoms. The highest BCUT2D eigenvalue weighted by Crippen LogP contribution is 2.31. The smallest absolute Gasteiger partial charge is 0.342 e. The van der Waals surface area contributed by atoms with Crippen LogP contribution in [0.1, 0.15) is 28.6 Å². The first-order valence-corrected chi connectivity index (χ1v) is 5.97. The van der Waals surface area contributed by atoms with Crippen LogP contribution in [0.25, 0.3) is 11.3 Å². The molecule has 1 aromatic heterocycles. The maximum Gasteiger partial charge on any atom is 0.342 e. The van der Waals surface area contributed by atoms with Crippen LogP contribution < -0.4 is 0 Å². The lowest BCUT2D eigenvalue weighted by molar-refractivity contribution is 0.0526. The van der Waals surface area contributed by atoms with E-state index in [0.29, 0.717) is 17.9 Å². The summed E-state index contributed by atoms with van der Waals surface area (Å²) in [5.74, 6) is 1.01. The molecule has 2 rings (SSSR count). The number of benzene rings is 1. The summed E-state index contributed by atoms with van der Waals surface area (Å²) in [7, 11) is 0. The van der Waals surface area contributed by atoms with Crippen LogP contribution in [0.5, 0.6) is 0 Å². The molecular formula is C15H16O3. The van der Waals surface area contributed by atoms with Crippen molar-refractivity contribution in [1.29, 1.82) is 0 Å². The topological polar surface area (TPSA) is 39.4 Å². The van der Waals surface area contributed by atoms with Gasteiger partial charge in [-0.25, -0.2) is 4.79 Å². The third kappa shape index (κ3) is 2.16. The number of rotatable bonds is 3. The van der Waals surface area contributed by atoms with E-state index in [1.165, 1.54) is 0 Å². The Morgan fingerprint density at radius 2 is 1.89 bits per heavy atom. The molecule has 0 aliphatic rings. The van der Waals surface area contributed by atoms with E-state index in [2.05, 4.69) is 0 Å². The SMILES string of the molecule is CCOC(=O)c1c(-c2ccccc2)oc(C)c1C. The molecule has 1 aromatic carbocycles. The van der Waals surface area contributed by atoms with Crippen LogP contribution in [-0.2, 0) is 4.74 Å². The fraction of sp³-hybridized carbons (Fsp3) is 0.267. The molecule has 0 radical (unpaired) electrons. The molecule has 2 aromatic rings. The first kappa shape index (κ1) is 12.4. The zero-order valence-electron chi connectivity index (χ0n) is 10.8. The van der Waals surface area contributed by atoms with Crippen LogP contribution in [0, 0.1) is 13.8 Å². The second-order valence-corrected chi connectivity index (χ2v) is 4.07. The average molecular weight is 244 g/mol. The first-order chi connectivity index (χ1) is 8.65. The first-order valence-electron chi connectivity index (χ1n) is 5.97. The Morgan fingerprint density at radius 3 is 2.50 bits per heavy atom. The van der Waals surface area contributed by atoms with Crippen molar-refractivity contribution in [2.45, 2.75) is 20.8 Å². The summed E-state index contributed by atoms with van der Waals surface area (Å²) in [5, 5.41) is 0. The highest BCUT2D eigenvalue weighted by atomic mass is 16.5. The lowest BCUT2D eigenvalue weighted by Crippen LogP contribution is -2.06. The van der Waals surface area contributed by atoms with Gasteiger partial charge in [0.15, 0.2) is 0 Å². The molecule has 0 unspecified atom stereocenters. The van der Waals surface area contributed by atoms with E-state index in [1.54, 1.807) is 6.92 Å². The average Bonchev–Trinajstić information content (AvgIpc) is 2.67. The maximum atomic E-state index is 12.0. The van der Waals surface area contributed by atoms with E-state index in [1.807, 2.05) is 44.2 Å². The van der Waals surface area contributed by atoms with Crippen molar-refractivity contribution in [1.82, 2.24) is 0 Å². The van der Waals surface area contributed by atoms with Crippen molar-refractivity contribution in [3.05, 3.63) is 47.2 Å². The fourth-order valence-electron chi connectivity index (χ4n) is 1.87. The van der Waals surface area contributed by atoms with Crippen LogP contribution in [0.2, 0.25) is 0 Å². The van der Waals surface area contributed by atoms with Gasteiger partial charge in [0.2, 0.25) is 0 Å². The Kier molecular flexibility index (Phi) is 3.51. The van der Waals surface area contributed by atoms with Gasteiger partial charge in [-0.1, -0.05) is 30.3 Å². The van der Waals surface area contributed by atoms with Crippen LogP contribution in [0.3, 0.4) is 0 Å². The van der Waals surface area contributed by atoms with Gasteiger partial charge in [-0.3, -0.25) is 0 Å². The zero-order valence-corrected chi connectivity index (χ0v) is 10.8. The maximum absolute atomic E-state index is 12.0. The van der Waals surface area contributed by atoms with Gasteiger partial charge in [-0.2, -0.15) is 0 Å². The number of ether oxygens (including phenoxy) is 1. The van der Waals surface area contributed by atoms with Gasteiger partial charge in [0.05, 0.1) is 6.61 Å². The van der Waals surface area contributed by atoms with E-state index in [-0.39, 0.29) is 5.97 Å². The van der Waals surface area contributed by atoms with Gasteiger partial charge in [0.1, 0.15) is 17.1 Å². The summed E-state index contributed by atoms with van der Waals surface area (Å²) in [6.07, 6.45) is 0. The molecule has 0 bridgehead atoms. The molecule has 94 valence electrons. The molecule has 0 atom stereocenters. The van der Waals surface area contributed by atoms with E-state index >= 15 is 0 Å². The van der Waals surface area contributed by atoms with Gasteiger partial charge in [0.25, 0.3) is 0 Å². The lowest BCUT2D eigenvalue weighted by Gasteiger charge is -2.03. The highest BCUT2D eigenvalue weighted by Gasteiger charge is 2.23. The van der Waals surface area contributed by atoms with Crippen molar-refractivity contribution in [3.63, 3.8) is 0 Å². The van der Waals surface area contributed by atoms with E-state index in [0.717, 1.165) is 16.9 Å².